The molecule has 4 atom stereocenters. The van der Waals surface area contributed by atoms with E-state index >= 15 is 0 Å². The maximum atomic E-state index is 12.7. The zero-order valence-electron chi connectivity index (χ0n) is 17.9. The third-order valence-corrected chi connectivity index (χ3v) is 6.84. The number of hydrogen-bond donors (Lipinski definition) is 1. The van der Waals surface area contributed by atoms with Crippen LogP contribution in [-0.2, 0) is 9.53 Å². The minimum absolute atomic E-state index is 0.0548. The number of rotatable bonds is 5. The van der Waals surface area contributed by atoms with Gasteiger partial charge in [-0.15, -0.1) is 0 Å². The number of benzene rings is 2. The number of carbonyl (C=O) groups excluding carboxylic acids is 2. The van der Waals surface area contributed by atoms with E-state index in [0.717, 1.165) is 16.9 Å². The van der Waals surface area contributed by atoms with E-state index in [1.54, 1.807) is 0 Å². The van der Waals surface area contributed by atoms with Crippen LogP contribution in [0, 0.1) is 11.8 Å². The summed E-state index contributed by atoms with van der Waals surface area (Å²) in [6.45, 7) is 2.13. The predicted molar refractivity (Wildman–Crippen MR) is 118 cm³/mol. The standard InChI is InChI=1S/C25H28N2O5/c28-22-12-19-14-27(24(29)16-26-9-10-31-25(26)30)15-20(19)13-23(22)32-21-8-4-7-18(11-21)17-5-2-1-3-6-17/h1-8,11,19-20,22-23,28H,9-10,12-16H2/t19-,20+,22+,23+/m0/s1. The summed E-state index contributed by atoms with van der Waals surface area (Å²) >= 11 is 0. The van der Waals surface area contributed by atoms with Crippen LogP contribution in [0.25, 0.3) is 11.1 Å². The number of aliphatic hydroxyl groups is 1. The second-order valence-electron chi connectivity index (χ2n) is 8.94. The van der Waals surface area contributed by atoms with Crippen LogP contribution in [0.3, 0.4) is 0 Å². The highest BCUT2D eigenvalue weighted by atomic mass is 16.6. The van der Waals surface area contributed by atoms with Gasteiger partial charge in [-0.2, -0.15) is 0 Å². The lowest BCUT2D eigenvalue weighted by molar-refractivity contribution is -0.130. The molecule has 7 heteroatoms. The predicted octanol–water partition coefficient (Wildman–Crippen LogP) is 2.78. The molecule has 0 radical (unpaired) electrons. The molecule has 2 aromatic rings. The van der Waals surface area contributed by atoms with Crippen LogP contribution in [0.1, 0.15) is 12.8 Å². The van der Waals surface area contributed by atoms with E-state index < -0.39 is 12.2 Å². The summed E-state index contributed by atoms with van der Waals surface area (Å²) in [7, 11) is 0. The van der Waals surface area contributed by atoms with Gasteiger partial charge in [0.15, 0.2) is 0 Å². The van der Waals surface area contributed by atoms with Crippen molar-refractivity contribution in [3.63, 3.8) is 0 Å². The van der Waals surface area contributed by atoms with Gasteiger partial charge in [-0.1, -0.05) is 42.5 Å². The normalized spacial score (nSPS) is 27.2. The molecule has 5 rings (SSSR count). The van der Waals surface area contributed by atoms with E-state index in [-0.39, 0.29) is 30.4 Å². The zero-order valence-corrected chi connectivity index (χ0v) is 17.9. The summed E-state index contributed by atoms with van der Waals surface area (Å²) in [4.78, 5) is 27.6. The van der Waals surface area contributed by atoms with Crippen LogP contribution in [-0.4, -0.2) is 71.9 Å². The van der Waals surface area contributed by atoms with Gasteiger partial charge in [0.05, 0.1) is 12.6 Å². The average molecular weight is 437 g/mol. The Bertz CT molecular complexity index is 981. The molecule has 2 heterocycles. The van der Waals surface area contributed by atoms with E-state index in [0.29, 0.717) is 39.1 Å². The molecule has 7 nitrogen and oxygen atoms in total. The Labute approximate surface area is 187 Å². The maximum Gasteiger partial charge on any atom is 0.410 e. The quantitative estimate of drug-likeness (QED) is 0.780. The van der Waals surface area contributed by atoms with Crippen LogP contribution >= 0.6 is 0 Å². The Morgan fingerprint density at radius 1 is 1.03 bits per heavy atom. The number of likely N-dealkylation sites (tertiary alicyclic amines) is 1. The molecule has 1 aliphatic carbocycles. The van der Waals surface area contributed by atoms with Crippen molar-refractivity contribution in [2.45, 2.75) is 25.0 Å². The van der Waals surface area contributed by atoms with Gasteiger partial charge in [0.1, 0.15) is 25.0 Å². The molecule has 0 bridgehead atoms. The van der Waals surface area contributed by atoms with Crippen molar-refractivity contribution in [3.05, 3.63) is 54.6 Å². The highest BCUT2D eigenvalue weighted by Gasteiger charge is 2.44. The fraction of sp³-hybridized carbons (Fsp3) is 0.440. The van der Waals surface area contributed by atoms with E-state index in [4.69, 9.17) is 9.47 Å². The maximum absolute atomic E-state index is 12.7. The van der Waals surface area contributed by atoms with Gasteiger partial charge in [0, 0.05) is 13.1 Å². The Kier molecular flexibility index (Phi) is 5.74. The number of cyclic esters (lactones) is 1. The second kappa shape index (κ2) is 8.82. The molecule has 168 valence electrons. The van der Waals surface area contributed by atoms with Gasteiger partial charge >= 0.3 is 6.09 Å². The molecule has 1 N–H and O–H groups in total. The molecule has 0 aromatic heterocycles. The highest BCUT2D eigenvalue weighted by molar-refractivity contribution is 5.83. The van der Waals surface area contributed by atoms with Gasteiger partial charge < -0.3 is 19.5 Å². The molecule has 0 unspecified atom stereocenters. The summed E-state index contributed by atoms with van der Waals surface area (Å²) in [6, 6.07) is 18.1. The highest BCUT2D eigenvalue weighted by Crippen LogP contribution is 2.38. The van der Waals surface area contributed by atoms with Crippen LogP contribution in [0.2, 0.25) is 0 Å². The first-order chi connectivity index (χ1) is 15.6. The van der Waals surface area contributed by atoms with Crippen molar-refractivity contribution >= 4 is 12.0 Å². The van der Waals surface area contributed by atoms with Crippen molar-refractivity contribution in [1.29, 1.82) is 0 Å². The second-order valence-corrected chi connectivity index (χ2v) is 8.94. The van der Waals surface area contributed by atoms with Crippen molar-refractivity contribution in [2.75, 3.05) is 32.8 Å². The Balaban J connectivity index is 1.21. The molecule has 2 saturated heterocycles. The number of amides is 2. The monoisotopic (exact) mass is 436 g/mol. The van der Waals surface area contributed by atoms with E-state index in [1.807, 2.05) is 47.4 Å². The molecule has 2 amide bonds. The molecule has 2 aromatic carbocycles. The number of nitrogens with zero attached hydrogens (tertiary/aromatic N) is 2. The summed E-state index contributed by atoms with van der Waals surface area (Å²) in [5, 5.41) is 10.8. The van der Waals surface area contributed by atoms with Gasteiger partial charge in [-0.25, -0.2) is 4.79 Å². The molecule has 3 fully saturated rings. The molecular formula is C25H28N2O5. The largest absolute Gasteiger partial charge is 0.488 e. The third-order valence-electron chi connectivity index (χ3n) is 6.84. The molecule has 3 aliphatic rings. The lowest BCUT2D eigenvalue weighted by Gasteiger charge is -2.35. The summed E-state index contributed by atoms with van der Waals surface area (Å²) in [5.41, 5.74) is 2.19. The number of ether oxygens (including phenoxy) is 2. The first-order valence-electron chi connectivity index (χ1n) is 11.3. The average Bonchev–Trinajstić information content (AvgIpc) is 3.40. The van der Waals surface area contributed by atoms with Crippen LogP contribution in [0.15, 0.2) is 54.6 Å². The minimum atomic E-state index is -0.569. The van der Waals surface area contributed by atoms with Crippen molar-refractivity contribution in [1.82, 2.24) is 9.80 Å². The number of fused-ring (bicyclic) bond motifs is 1. The third kappa shape index (κ3) is 4.30. The first-order valence-corrected chi connectivity index (χ1v) is 11.3. The number of carbonyl (C=O) groups is 2. The topological polar surface area (TPSA) is 79.3 Å². The number of hydrogen-bond acceptors (Lipinski definition) is 5. The van der Waals surface area contributed by atoms with E-state index in [2.05, 4.69) is 12.1 Å². The van der Waals surface area contributed by atoms with Crippen molar-refractivity contribution in [3.8, 4) is 16.9 Å². The zero-order chi connectivity index (χ0) is 22.1. The fourth-order valence-electron chi connectivity index (χ4n) is 5.11. The minimum Gasteiger partial charge on any atom is -0.488 e. The molecule has 32 heavy (non-hydrogen) atoms. The Hall–Kier alpha value is -3.06. The van der Waals surface area contributed by atoms with Gasteiger partial charge in [-0.05, 0) is 47.9 Å². The molecule has 1 saturated carbocycles. The fourth-order valence-corrected chi connectivity index (χ4v) is 5.11. The van der Waals surface area contributed by atoms with E-state index in [1.165, 1.54) is 4.90 Å². The lowest BCUT2D eigenvalue weighted by Crippen LogP contribution is -2.42. The van der Waals surface area contributed by atoms with Crippen molar-refractivity contribution < 1.29 is 24.2 Å². The van der Waals surface area contributed by atoms with Gasteiger partial charge in [0.25, 0.3) is 0 Å². The Morgan fingerprint density at radius 2 is 1.78 bits per heavy atom. The molecule has 2 aliphatic heterocycles. The smallest absolute Gasteiger partial charge is 0.410 e. The molecule has 0 spiro atoms. The van der Waals surface area contributed by atoms with Crippen LogP contribution < -0.4 is 4.74 Å². The van der Waals surface area contributed by atoms with Crippen molar-refractivity contribution in [2.24, 2.45) is 11.8 Å². The van der Waals surface area contributed by atoms with Crippen LogP contribution in [0.4, 0.5) is 4.79 Å². The van der Waals surface area contributed by atoms with E-state index in [9.17, 15) is 14.7 Å². The van der Waals surface area contributed by atoms with Gasteiger partial charge in [0.2, 0.25) is 5.91 Å². The summed E-state index contributed by atoms with van der Waals surface area (Å²) < 4.78 is 11.1. The first kappa shape index (κ1) is 20.8. The van der Waals surface area contributed by atoms with Gasteiger partial charge in [-0.3, -0.25) is 9.69 Å². The number of aliphatic hydroxyl groups excluding tert-OH is 1. The lowest BCUT2D eigenvalue weighted by atomic mass is 9.78. The summed E-state index contributed by atoms with van der Waals surface area (Å²) in [6.07, 6.45) is 0.0305. The summed E-state index contributed by atoms with van der Waals surface area (Å²) in [5.74, 6) is 1.23. The Morgan fingerprint density at radius 3 is 2.53 bits per heavy atom. The SMILES string of the molecule is O=C(CN1CCOC1=O)N1C[C@H]2C[C@@H](Oc3cccc(-c4ccccc4)c3)[C@H](O)C[C@H]2C1. The van der Waals surface area contributed by atoms with Crippen LogP contribution in [0.5, 0.6) is 5.75 Å². The molecular weight excluding hydrogens is 408 g/mol.